The number of rotatable bonds is 1. The number of hydrogen-bond acceptors (Lipinski definition) is 2. The predicted octanol–water partition coefficient (Wildman–Crippen LogP) is 3.68. The standard InChI is InChI=1S/C12H12BrF3O2/c13-10-5-7(12(14,15)16)1-2-9(10)11-6-8(17)3-4-18-11/h1-2,5,8,11,17H,3-4,6H2. The van der Waals surface area contributed by atoms with Crippen molar-refractivity contribution < 1.29 is 23.0 Å². The van der Waals surface area contributed by atoms with Crippen molar-refractivity contribution in [2.75, 3.05) is 6.61 Å². The number of benzene rings is 1. The van der Waals surface area contributed by atoms with E-state index in [0.29, 0.717) is 29.5 Å². The van der Waals surface area contributed by atoms with Crippen molar-refractivity contribution in [3.63, 3.8) is 0 Å². The van der Waals surface area contributed by atoms with Crippen molar-refractivity contribution in [1.82, 2.24) is 0 Å². The lowest BCUT2D eigenvalue weighted by molar-refractivity contribution is -0.137. The first kappa shape index (κ1) is 13.8. The van der Waals surface area contributed by atoms with Crippen LogP contribution in [0.2, 0.25) is 0 Å². The zero-order valence-corrected chi connectivity index (χ0v) is 11.0. The highest BCUT2D eigenvalue weighted by Crippen LogP contribution is 2.37. The van der Waals surface area contributed by atoms with Crippen LogP contribution in [0.3, 0.4) is 0 Å². The van der Waals surface area contributed by atoms with Gasteiger partial charge in [-0.15, -0.1) is 0 Å². The Hall–Kier alpha value is -0.590. The Labute approximate surface area is 111 Å². The molecule has 0 aliphatic carbocycles. The van der Waals surface area contributed by atoms with Gasteiger partial charge in [-0.3, -0.25) is 0 Å². The van der Waals surface area contributed by atoms with Crippen LogP contribution in [0.1, 0.15) is 30.1 Å². The number of halogens is 4. The summed E-state index contributed by atoms with van der Waals surface area (Å²) in [7, 11) is 0. The molecule has 0 bridgehead atoms. The van der Waals surface area contributed by atoms with E-state index in [9.17, 15) is 18.3 Å². The molecule has 0 amide bonds. The number of ether oxygens (including phenoxy) is 1. The highest BCUT2D eigenvalue weighted by Gasteiger charge is 2.32. The predicted molar refractivity (Wildman–Crippen MR) is 63.1 cm³/mol. The van der Waals surface area contributed by atoms with Crippen LogP contribution in [0, 0.1) is 0 Å². The third kappa shape index (κ3) is 3.05. The highest BCUT2D eigenvalue weighted by atomic mass is 79.9. The van der Waals surface area contributed by atoms with Gasteiger partial charge in [0.05, 0.1) is 17.8 Å². The molecular weight excluding hydrogens is 313 g/mol. The van der Waals surface area contributed by atoms with Crippen LogP contribution in [0.15, 0.2) is 22.7 Å². The lowest BCUT2D eigenvalue weighted by Crippen LogP contribution is -2.23. The second kappa shape index (κ2) is 5.19. The van der Waals surface area contributed by atoms with Gasteiger partial charge in [-0.1, -0.05) is 22.0 Å². The first-order chi connectivity index (χ1) is 8.38. The maximum atomic E-state index is 12.5. The molecule has 6 heteroatoms. The Kier molecular flexibility index (Phi) is 3.99. The van der Waals surface area contributed by atoms with Gasteiger partial charge in [0, 0.05) is 17.5 Å². The Morgan fingerprint density at radius 1 is 1.33 bits per heavy atom. The van der Waals surface area contributed by atoms with Crippen molar-refractivity contribution in [3.05, 3.63) is 33.8 Å². The van der Waals surface area contributed by atoms with Crippen molar-refractivity contribution >= 4 is 15.9 Å². The van der Waals surface area contributed by atoms with E-state index < -0.39 is 17.8 Å². The highest BCUT2D eigenvalue weighted by molar-refractivity contribution is 9.10. The summed E-state index contributed by atoms with van der Waals surface area (Å²) in [6, 6.07) is 3.47. The minimum atomic E-state index is -4.35. The molecule has 1 fully saturated rings. The monoisotopic (exact) mass is 324 g/mol. The van der Waals surface area contributed by atoms with E-state index in [1.807, 2.05) is 0 Å². The molecule has 0 radical (unpaired) electrons. The molecule has 2 rings (SSSR count). The Bertz CT molecular complexity index is 434. The lowest BCUT2D eigenvalue weighted by atomic mass is 9.98. The van der Waals surface area contributed by atoms with Crippen LogP contribution < -0.4 is 0 Å². The molecule has 1 saturated heterocycles. The van der Waals surface area contributed by atoms with Crippen molar-refractivity contribution in [2.45, 2.75) is 31.2 Å². The van der Waals surface area contributed by atoms with E-state index >= 15 is 0 Å². The van der Waals surface area contributed by atoms with Crippen LogP contribution in [-0.2, 0) is 10.9 Å². The number of aliphatic hydroxyl groups excluding tert-OH is 1. The van der Waals surface area contributed by atoms with Crippen molar-refractivity contribution in [2.24, 2.45) is 0 Å². The lowest BCUT2D eigenvalue weighted by Gasteiger charge is -2.27. The van der Waals surface area contributed by atoms with Gasteiger partial charge in [0.2, 0.25) is 0 Å². The fourth-order valence-corrected chi connectivity index (χ4v) is 2.59. The summed E-state index contributed by atoms with van der Waals surface area (Å²) in [5, 5.41) is 9.54. The van der Waals surface area contributed by atoms with Gasteiger partial charge in [0.25, 0.3) is 0 Å². The first-order valence-electron chi connectivity index (χ1n) is 5.54. The zero-order valence-electron chi connectivity index (χ0n) is 9.38. The van der Waals surface area contributed by atoms with Crippen molar-refractivity contribution in [3.8, 4) is 0 Å². The first-order valence-corrected chi connectivity index (χ1v) is 6.33. The number of alkyl halides is 3. The fourth-order valence-electron chi connectivity index (χ4n) is 1.96. The van der Waals surface area contributed by atoms with Gasteiger partial charge in [-0.05, 0) is 24.1 Å². The van der Waals surface area contributed by atoms with Crippen LogP contribution in [0.4, 0.5) is 13.2 Å². The van der Waals surface area contributed by atoms with E-state index in [4.69, 9.17) is 4.74 Å². The molecule has 1 aliphatic rings. The molecule has 1 aromatic carbocycles. The molecule has 1 aliphatic heterocycles. The Balaban J connectivity index is 2.24. The van der Waals surface area contributed by atoms with E-state index in [2.05, 4.69) is 15.9 Å². The minimum absolute atomic E-state index is 0.356. The zero-order chi connectivity index (χ0) is 13.3. The van der Waals surface area contributed by atoms with Gasteiger partial charge in [-0.25, -0.2) is 0 Å². The summed E-state index contributed by atoms with van der Waals surface area (Å²) in [5.74, 6) is 0. The minimum Gasteiger partial charge on any atom is -0.393 e. The normalized spacial score (nSPS) is 25.2. The summed E-state index contributed by atoms with van der Waals surface area (Å²) in [6.07, 6.45) is -4.20. The Morgan fingerprint density at radius 2 is 2.06 bits per heavy atom. The summed E-state index contributed by atoms with van der Waals surface area (Å²) in [4.78, 5) is 0. The largest absolute Gasteiger partial charge is 0.416 e. The summed E-state index contributed by atoms with van der Waals surface area (Å²) in [5.41, 5.74) is -0.0590. The molecule has 1 aromatic rings. The maximum absolute atomic E-state index is 12.5. The summed E-state index contributed by atoms with van der Waals surface area (Å²) < 4.78 is 43.4. The van der Waals surface area contributed by atoms with Crippen LogP contribution in [0.5, 0.6) is 0 Å². The van der Waals surface area contributed by atoms with E-state index in [1.165, 1.54) is 6.07 Å². The smallest absolute Gasteiger partial charge is 0.393 e. The number of hydrogen-bond donors (Lipinski definition) is 1. The van der Waals surface area contributed by atoms with E-state index in [-0.39, 0.29) is 6.10 Å². The average molecular weight is 325 g/mol. The van der Waals surface area contributed by atoms with Gasteiger partial charge < -0.3 is 9.84 Å². The third-order valence-corrected chi connectivity index (χ3v) is 3.62. The van der Waals surface area contributed by atoms with Gasteiger partial charge >= 0.3 is 6.18 Å². The van der Waals surface area contributed by atoms with E-state index in [0.717, 1.165) is 12.1 Å². The topological polar surface area (TPSA) is 29.5 Å². The maximum Gasteiger partial charge on any atom is 0.416 e. The van der Waals surface area contributed by atoms with Gasteiger partial charge in [0.1, 0.15) is 0 Å². The van der Waals surface area contributed by atoms with Gasteiger partial charge in [-0.2, -0.15) is 13.2 Å². The molecule has 0 saturated carbocycles. The van der Waals surface area contributed by atoms with Crippen LogP contribution in [-0.4, -0.2) is 17.8 Å². The molecule has 1 N–H and O–H groups in total. The van der Waals surface area contributed by atoms with Gasteiger partial charge in [0.15, 0.2) is 0 Å². The quantitative estimate of drug-likeness (QED) is 0.853. The van der Waals surface area contributed by atoms with E-state index in [1.54, 1.807) is 0 Å². The Morgan fingerprint density at radius 3 is 2.61 bits per heavy atom. The second-order valence-electron chi connectivity index (χ2n) is 4.27. The molecule has 18 heavy (non-hydrogen) atoms. The molecule has 100 valence electrons. The average Bonchev–Trinajstić information content (AvgIpc) is 2.27. The summed E-state index contributed by atoms with van der Waals surface area (Å²) in [6.45, 7) is 0.416. The molecular formula is C12H12BrF3O2. The fraction of sp³-hybridized carbons (Fsp3) is 0.500. The van der Waals surface area contributed by atoms with Crippen molar-refractivity contribution in [1.29, 1.82) is 0 Å². The molecule has 0 aromatic heterocycles. The SMILES string of the molecule is OC1CCOC(c2ccc(C(F)(F)F)cc2Br)C1. The molecule has 2 unspecified atom stereocenters. The van der Waals surface area contributed by atoms with Crippen LogP contribution >= 0.6 is 15.9 Å². The molecule has 1 heterocycles. The van der Waals surface area contributed by atoms with Crippen LogP contribution in [0.25, 0.3) is 0 Å². The summed E-state index contributed by atoms with van der Waals surface area (Å²) >= 11 is 3.13. The molecule has 2 atom stereocenters. The molecule has 0 spiro atoms. The third-order valence-electron chi connectivity index (χ3n) is 2.93. The second-order valence-corrected chi connectivity index (χ2v) is 5.13. The molecule has 2 nitrogen and oxygen atoms in total. The number of aliphatic hydroxyl groups is 1.